The first-order chi connectivity index (χ1) is 8.15. The quantitative estimate of drug-likeness (QED) is 0.856. The standard InChI is InChI=1S/C10H10N4O2S/c1-6-13-14-10(17-6)12-5-7-2-3-8(9(15)16)11-4-7/h2-4H,5H2,1H3,(H,12,14)(H,15,16). The van der Waals surface area contributed by atoms with Crippen LogP contribution in [0.3, 0.4) is 0 Å². The Morgan fingerprint density at radius 1 is 1.47 bits per heavy atom. The molecule has 0 spiro atoms. The second kappa shape index (κ2) is 4.88. The van der Waals surface area contributed by atoms with Crippen molar-refractivity contribution in [1.29, 1.82) is 0 Å². The number of hydrogen-bond donors (Lipinski definition) is 2. The SMILES string of the molecule is Cc1nnc(NCc2ccc(C(=O)O)nc2)s1. The Morgan fingerprint density at radius 2 is 2.29 bits per heavy atom. The van der Waals surface area contributed by atoms with Crippen LogP contribution in [0.15, 0.2) is 18.3 Å². The molecule has 2 aromatic heterocycles. The van der Waals surface area contributed by atoms with Gasteiger partial charge in [-0.05, 0) is 18.6 Å². The molecule has 2 heterocycles. The zero-order chi connectivity index (χ0) is 12.3. The number of nitrogens with one attached hydrogen (secondary N) is 1. The summed E-state index contributed by atoms with van der Waals surface area (Å²) >= 11 is 1.47. The number of carboxylic acids is 1. The third kappa shape index (κ3) is 2.97. The van der Waals surface area contributed by atoms with E-state index in [1.54, 1.807) is 6.07 Å². The molecule has 17 heavy (non-hydrogen) atoms. The maximum Gasteiger partial charge on any atom is 0.354 e. The number of aryl methyl sites for hydroxylation is 1. The van der Waals surface area contributed by atoms with Crippen molar-refractivity contribution in [1.82, 2.24) is 15.2 Å². The highest BCUT2D eigenvalue weighted by Gasteiger charge is 2.04. The van der Waals surface area contributed by atoms with E-state index in [9.17, 15) is 4.79 Å². The number of rotatable bonds is 4. The molecule has 0 aliphatic heterocycles. The van der Waals surface area contributed by atoms with Gasteiger partial charge in [0.15, 0.2) is 0 Å². The van der Waals surface area contributed by atoms with E-state index < -0.39 is 5.97 Å². The number of pyridine rings is 1. The first kappa shape index (κ1) is 11.5. The molecule has 2 N–H and O–H groups in total. The van der Waals surface area contributed by atoms with Crippen LogP contribution in [0.5, 0.6) is 0 Å². The van der Waals surface area contributed by atoms with Crippen LogP contribution >= 0.6 is 11.3 Å². The predicted molar refractivity (Wildman–Crippen MR) is 63.2 cm³/mol. The Morgan fingerprint density at radius 3 is 2.82 bits per heavy atom. The molecule has 0 radical (unpaired) electrons. The molecule has 0 amide bonds. The van der Waals surface area contributed by atoms with Gasteiger partial charge in [0, 0.05) is 12.7 Å². The molecule has 0 bridgehead atoms. The summed E-state index contributed by atoms with van der Waals surface area (Å²) in [6, 6.07) is 3.20. The number of carbonyl (C=O) groups is 1. The fraction of sp³-hybridized carbons (Fsp3) is 0.200. The van der Waals surface area contributed by atoms with Crippen LogP contribution in [0.2, 0.25) is 0 Å². The number of carboxylic acid groups (broad SMARTS) is 1. The molecule has 7 heteroatoms. The van der Waals surface area contributed by atoms with Gasteiger partial charge in [0.05, 0.1) is 0 Å². The van der Waals surface area contributed by atoms with E-state index in [1.807, 2.05) is 6.92 Å². The molecule has 0 aliphatic carbocycles. The third-order valence-electron chi connectivity index (χ3n) is 2.01. The van der Waals surface area contributed by atoms with E-state index >= 15 is 0 Å². The lowest BCUT2D eigenvalue weighted by atomic mass is 10.2. The van der Waals surface area contributed by atoms with Crippen molar-refractivity contribution in [3.63, 3.8) is 0 Å². The first-order valence-corrected chi connectivity index (χ1v) is 5.69. The van der Waals surface area contributed by atoms with Gasteiger partial charge in [-0.25, -0.2) is 9.78 Å². The Labute approximate surface area is 101 Å². The van der Waals surface area contributed by atoms with E-state index in [0.29, 0.717) is 6.54 Å². The summed E-state index contributed by atoms with van der Waals surface area (Å²) in [6.07, 6.45) is 1.53. The van der Waals surface area contributed by atoms with Crippen molar-refractivity contribution in [2.45, 2.75) is 13.5 Å². The second-order valence-electron chi connectivity index (χ2n) is 3.34. The van der Waals surface area contributed by atoms with Gasteiger partial charge in [-0.1, -0.05) is 17.4 Å². The summed E-state index contributed by atoms with van der Waals surface area (Å²) in [4.78, 5) is 14.4. The third-order valence-corrected chi connectivity index (χ3v) is 2.81. The summed E-state index contributed by atoms with van der Waals surface area (Å²) in [5.41, 5.74) is 0.934. The summed E-state index contributed by atoms with van der Waals surface area (Å²) in [5.74, 6) is -1.02. The lowest BCUT2D eigenvalue weighted by Gasteiger charge is -2.01. The summed E-state index contributed by atoms with van der Waals surface area (Å²) in [5, 5.41) is 21.2. The van der Waals surface area contributed by atoms with Crippen molar-refractivity contribution < 1.29 is 9.90 Å². The minimum atomic E-state index is -1.02. The smallest absolute Gasteiger partial charge is 0.354 e. The van der Waals surface area contributed by atoms with Crippen molar-refractivity contribution in [2.75, 3.05) is 5.32 Å². The van der Waals surface area contributed by atoms with Crippen molar-refractivity contribution in [3.05, 3.63) is 34.6 Å². The van der Waals surface area contributed by atoms with Crippen molar-refractivity contribution >= 4 is 22.4 Å². The minimum absolute atomic E-state index is 0.0421. The molecule has 0 fully saturated rings. The summed E-state index contributed by atoms with van der Waals surface area (Å²) in [6.45, 7) is 2.42. The molecule has 0 aliphatic rings. The number of aromatic nitrogens is 3. The van der Waals surface area contributed by atoms with Gasteiger partial charge in [0.25, 0.3) is 0 Å². The summed E-state index contributed by atoms with van der Waals surface area (Å²) < 4.78 is 0. The Bertz CT molecular complexity index is 523. The molecule has 0 unspecified atom stereocenters. The Balaban J connectivity index is 1.97. The molecule has 88 valence electrons. The normalized spacial score (nSPS) is 10.2. The molecule has 0 saturated carbocycles. The molecular formula is C10H10N4O2S. The van der Waals surface area contributed by atoms with Gasteiger partial charge in [0.1, 0.15) is 10.7 Å². The van der Waals surface area contributed by atoms with Crippen LogP contribution < -0.4 is 5.32 Å². The van der Waals surface area contributed by atoms with Crippen LogP contribution in [-0.2, 0) is 6.54 Å². The largest absolute Gasteiger partial charge is 0.477 e. The number of nitrogens with zero attached hydrogens (tertiary/aromatic N) is 3. The van der Waals surface area contributed by atoms with E-state index in [4.69, 9.17) is 5.11 Å². The minimum Gasteiger partial charge on any atom is -0.477 e. The first-order valence-electron chi connectivity index (χ1n) is 4.87. The molecule has 2 aromatic rings. The average Bonchev–Trinajstić information content (AvgIpc) is 2.73. The van der Waals surface area contributed by atoms with E-state index in [2.05, 4.69) is 20.5 Å². The van der Waals surface area contributed by atoms with Gasteiger partial charge in [-0.2, -0.15) is 0 Å². The molecule has 2 rings (SSSR count). The van der Waals surface area contributed by atoms with Crippen molar-refractivity contribution in [3.8, 4) is 0 Å². The van der Waals surface area contributed by atoms with Crippen LogP contribution in [-0.4, -0.2) is 26.3 Å². The number of aromatic carboxylic acids is 1. The highest BCUT2D eigenvalue weighted by molar-refractivity contribution is 7.15. The molecular weight excluding hydrogens is 240 g/mol. The molecule has 6 nitrogen and oxygen atoms in total. The van der Waals surface area contributed by atoms with Crippen LogP contribution in [0.25, 0.3) is 0 Å². The van der Waals surface area contributed by atoms with Gasteiger partial charge >= 0.3 is 5.97 Å². The summed E-state index contributed by atoms with van der Waals surface area (Å²) in [7, 11) is 0. The molecule has 0 atom stereocenters. The highest BCUT2D eigenvalue weighted by Crippen LogP contribution is 2.14. The highest BCUT2D eigenvalue weighted by atomic mass is 32.1. The van der Waals surface area contributed by atoms with Crippen molar-refractivity contribution in [2.24, 2.45) is 0 Å². The fourth-order valence-corrected chi connectivity index (χ4v) is 1.79. The Hall–Kier alpha value is -2.02. The van der Waals surface area contributed by atoms with Gasteiger partial charge < -0.3 is 10.4 Å². The van der Waals surface area contributed by atoms with Crippen LogP contribution in [0, 0.1) is 6.92 Å². The maximum absolute atomic E-state index is 10.6. The monoisotopic (exact) mass is 250 g/mol. The lowest BCUT2D eigenvalue weighted by Crippen LogP contribution is -2.03. The number of hydrogen-bond acceptors (Lipinski definition) is 6. The van der Waals surface area contributed by atoms with Gasteiger partial charge in [-0.15, -0.1) is 10.2 Å². The van der Waals surface area contributed by atoms with Gasteiger partial charge in [0.2, 0.25) is 5.13 Å². The van der Waals surface area contributed by atoms with E-state index in [0.717, 1.165) is 15.7 Å². The zero-order valence-corrected chi connectivity index (χ0v) is 9.86. The van der Waals surface area contributed by atoms with Crippen LogP contribution in [0.4, 0.5) is 5.13 Å². The van der Waals surface area contributed by atoms with Gasteiger partial charge in [-0.3, -0.25) is 0 Å². The second-order valence-corrected chi connectivity index (χ2v) is 4.52. The fourth-order valence-electron chi connectivity index (χ4n) is 1.20. The lowest BCUT2D eigenvalue weighted by molar-refractivity contribution is 0.0690. The maximum atomic E-state index is 10.6. The average molecular weight is 250 g/mol. The van der Waals surface area contributed by atoms with Crippen LogP contribution in [0.1, 0.15) is 21.1 Å². The van der Waals surface area contributed by atoms with E-state index in [-0.39, 0.29) is 5.69 Å². The topological polar surface area (TPSA) is 88.0 Å². The molecule has 0 aromatic carbocycles. The number of anilines is 1. The molecule has 0 saturated heterocycles. The Kier molecular flexibility index (Phi) is 3.29. The van der Waals surface area contributed by atoms with E-state index in [1.165, 1.54) is 23.6 Å². The predicted octanol–water partition coefficient (Wildman–Crippen LogP) is 1.55. The zero-order valence-electron chi connectivity index (χ0n) is 9.04.